The second-order valence-corrected chi connectivity index (χ2v) is 5.76. The molecule has 0 bridgehead atoms. The molecule has 2 heterocycles. The predicted octanol–water partition coefficient (Wildman–Crippen LogP) is 2.47. The molecule has 0 unspecified atom stereocenters. The lowest BCUT2D eigenvalue weighted by atomic mass is 10.2. The third-order valence-corrected chi connectivity index (χ3v) is 4.68. The molecule has 1 N–H and O–H groups in total. The fourth-order valence-electron chi connectivity index (χ4n) is 2.26. The number of rotatable bonds is 2. The Labute approximate surface area is 119 Å². The van der Waals surface area contributed by atoms with Crippen molar-refractivity contribution in [1.29, 1.82) is 0 Å². The first kappa shape index (κ1) is 15.5. The minimum atomic E-state index is 0. The maximum absolute atomic E-state index is 12.4. The van der Waals surface area contributed by atoms with Gasteiger partial charge in [-0.25, -0.2) is 0 Å². The molecule has 0 aliphatic carbocycles. The van der Waals surface area contributed by atoms with Crippen molar-refractivity contribution >= 4 is 29.7 Å². The summed E-state index contributed by atoms with van der Waals surface area (Å²) in [5.41, 5.74) is 1.25. The molecule has 18 heavy (non-hydrogen) atoms. The molecule has 0 spiro atoms. The highest BCUT2D eigenvalue weighted by Gasteiger charge is 2.25. The number of hydrogen-bond donors (Lipinski definition) is 1. The SMILES string of the molecule is CCc1sc(C(=O)N2CCNC[C@@H]2C)cc1C.Cl. The van der Waals surface area contributed by atoms with E-state index in [1.165, 1.54) is 10.4 Å². The Morgan fingerprint density at radius 2 is 2.33 bits per heavy atom. The van der Waals surface area contributed by atoms with Gasteiger partial charge in [0.15, 0.2) is 0 Å². The smallest absolute Gasteiger partial charge is 0.264 e. The molecule has 3 nitrogen and oxygen atoms in total. The van der Waals surface area contributed by atoms with Gasteiger partial charge in [0.1, 0.15) is 0 Å². The molecule has 1 aliphatic rings. The van der Waals surface area contributed by atoms with E-state index in [0.29, 0.717) is 6.04 Å². The fraction of sp³-hybridized carbons (Fsp3) is 0.615. The summed E-state index contributed by atoms with van der Waals surface area (Å²) in [6, 6.07) is 2.34. The summed E-state index contributed by atoms with van der Waals surface area (Å²) in [6.45, 7) is 8.95. The van der Waals surface area contributed by atoms with Gasteiger partial charge in [0.25, 0.3) is 5.91 Å². The van der Waals surface area contributed by atoms with Crippen LogP contribution in [0.2, 0.25) is 0 Å². The molecule has 5 heteroatoms. The monoisotopic (exact) mass is 288 g/mol. The Kier molecular flexibility index (Phi) is 5.63. The lowest BCUT2D eigenvalue weighted by Crippen LogP contribution is -2.52. The lowest BCUT2D eigenvalue weighted by Gasteiger charge is -2.33. The van der Waals surface area contributed by atoms with Gasteiger partial charge in [-0.2, -0.15) is 0 Å². The zero-order valence-corrected chi connectivity index (χ0v) is 12.8. The molecule has 1 saturated heterocycles. The van der Waals surface area contributed by atoms with Crippen molar-refractivity contribution in [3.8, 4) is 0 Å². The number of carbonyl (C=O) groups is 1. The number of nitrogens with one attached hydrogen (secondary N) is 1. The molecule has 0 aromatic carbocycles. The van der Waals surface area contributed by atoms with Gasteiger partial charge in [-0.1, -0.05) is 6.92 Å². The van der Waals surface area contributed by atoms with Crippen molar-refractivity contribution in [2.45, 2.75) is 33.2 Å². The maximum Gasteiger partial charge on any atom is 0.264 e. The average molecular weight is 289 g/mol. The van der Waals surface area contributed by atoms with Crippen LogP contribution in [0.5, 0.6) is 0 Å². The summed E-state index contributed by atoms with van der Waals surface area (Å²) in [5.74, 6) is 0.201. The fourth-order valence-corrected chi connectivity index (χ4v) is 3.33. The van der Waals surface area contributed by atoms with Crippen molar-refractivity contribution in [3.63, 3.8) is 0 Å². The van der Waals surface area contributed by atoms with Gasteiger partial charge in [0.2, 0.25) is 0 Å². The number of piperazine rings is 1. The quantitative estimate of drug-likeness (QED) is 0.907. The van der Waals surface area contributed by atoms with E-state index in [1.54, 1.807) is 11.3 Å². The van der Waals surface area contributed by atoms with Gasteiger partial charge < -0.3 is 10.2 Å². The normalized spacial score (nSPS) is 19.5. The van der Waals surface area contributed by atoms with Crippen LogP contribution in [0.15, 0.2) is 6.07 Å². The molecule has 102 valence electrons. The van der Waals surface area contributed by atoms with Crippen LogP contribution in [0.4, 0.5) is 0 Å². The molecule has 0 saturated carbocycles. The van der Waals surface area contributed by atoms with Crippen LogP contribution in [0.25, 0.3) is 0 Å². The summed E-state index contributed by atoms with van der Waals surface area (Å²) >= 11 is 1.65. The highest BCUT2D eigenvalue weighted by molar-refractivity contribution is 7.14. The van der Waals surface area contributed by atoms with Crippen molar-refractivity contribution in [3.05, 3.63) is 21.4 Å². The molecule has 1 aromatic heterocycles. The second kappa shape index (κ2) is 6.55. The lowest BCUT2D eigenvalue weighted by molar-refractivity contribution is 0.0661. The van der Waals surface area contributed by atoms with E-state index in [-0.39, 0.29) is 18.3 Å². The summed E-state index contributed by atoms with van der Waals surface area (Å²) in [4.78, 5) is 16.6. The van der Waals surface area contributed by atoms with Crippen molar-refractivity contribution < 1.29 is 4.79 Å². The first-order chi connectivity index (χ1) is 8.13. The van der Waals surface area contributed by atoms with E-state index in [9.17, 15) is 4.79 Å². The third-order valence-electron chi connectivity index (χ3n) is 3.31. The first-order valence-corrected chi connectivity index (χ1v) is 7.06. The molecule has 1 amide bonds. The van der Waals surface area contributed by atoms with Crippen LogP contribution in [0.3, 0.4) is 0 Å². The van der Waals surface area contributed by atoms with E-state index >= 15 is 0 Å². The molecule has 0 radical (unpaired) electrons. The number of amides is 1. The van der Waals surface area contributed by atoms with Gasteiger partial charge in [0, 0.05) is 30.6 Å². The van der Waals surface area contributed by atoms with E-state index in [2.05, 4.69) is 26.1 Å². The van der Waals surface area contributed by atoms with E-state index in [1.807, 2.05) is 11.0 Å². The zero-order chi connectivity index (χ0) is 12.4. The standard InChI is InChI=1S/C13H20N2OS.ClH/c1-4-11-9(2)7-12(17-11)13(16)15-6-5-14-8-10(15)3;/h7,10,14H,4-6,8H2,1-3H3;1H/t10-;/m0./s1. The van der Waals surface area contributed by atoms with Crippen molar-refractivity contribution in [2.24, 2.45) is 0 Å². The molecule has 1 atom stereocenters. The Morgan fingerprint density at radius 3 is 2.89 bits per heavy atom. The molecule has 1 aliphatic heterocycles. The summed E-state index contributed by atoms with van der Waals surface area (Å²) in [5, 5.41) is 3.31. The van der Waals surface area contributed by atoms with Crippen LogP contribution < -0.4 is 5.32 Å². The van der Waals surface area contributed by atoms with Gasteiger partial charge >= 0.3 is 0 Å². The maximum atomic E-state index is 12.4. The highest BCUT2D eigenvalue weighted by Crippen LogP contribution is 2.24. The molecular weight excluding hydrogens is 268 g/mol. The topological polar surface area (TPSA) is 32.3 Å². The Bertz CT molecular complexity index is 419. The van der Waals surface area contributed by atoms with Crippen LogP contribution in [-0.4, -0.2) is 36.5 Å². The van der Waals surface area contributed by atoms with Crippen LogP contribution in [0.1, 0.15) is 34.0 Å². The predicted molar refractivity (Wildman–Crippen MR) is 79.1 cm³/mol. The van der Waals surface area contributed by atoms with Crippen LogP contribution in [0, 0.1) is 6.92 Å². The molecule has 1 aromatic rings. The van der Waals surface area contributed by atoms with Gasteiger partial charge in [-0.15, -0.1) is 23.7 Å². The van der Waals surface area contributed by atoms with Crippen LogP contribution in [-0.2, 0) is 6.42 Å². The average Bonchev–Trinajstić information content (AvgIpc) is 2.70. The summed E-state index contributed by atoms with van der Waals surface area (Å²) in [7, 11) is 0. The number of thiophene rings is 1. The van der Waals surface area contributed by atoms with E-state index in [0.717, 1.165) is 30.9 Å². The van der Waals surface area contributed by atoms with Crippen molar-refractivity contribution in [2.75, 3.05) is 19.6 Å². The number of carbonyl (C=O) groups excluding carboxylic acids is 1. The van der Waals surface area contributed by atoms with Crippen molar-refractivity contribution in [1.82, 2.24) is 10.2 Å². The summed E-state index contributed by atoms with van der Waals surface area (Å²) < 4.78 is 0. The molecular formula is C13H21ClN2OS. The van der Waals surface area contributed by atoms with E-state index < -0.39 is 0 Å². The first-order valence-electron chi connectivity index (χ1n) is 6.24. The Morgan fingerprint density at radius 1 is 1.61 bits per heavy atom. The van der Waals surface area contributed by atoms with Gasteiger partial charge in [0.05, 0.1) is 4.88 Å². The largest absolute Gasteiger partial charge is 0.333 e. The highest BCUT2D eigenvalue weighted by atomic mass is 35.5. The minimum Gasteiger partial charge on any atom is -0.333 e. The van der Waals surface area contributed by atoms with Gasteiger partial charge in [-0.3, -0.25) is 4.79 Å². The Hall–Kier alpha value is -0.580. The number of hydrogen-bond acceptors (Lipinski definition) is 3. The minimum absolute atomic E-state index is 0. The molecule has 2 rings (SSSR count). The van der Waals surface area contributed by atoms with E-state index in [4.69, 9.17) is 0 Å². The third kappa shape index (κ3) is 3.05. The number of aryl methyl sites for hydroxylation is 2. The van der Waals surface area contributed by atoms with Crippen LogP contribution >= 0.6 is 23.7 Å². The number of halogens is 1. The number of nitrogens with zero attached hydrogens (tertiary/aromatic N) is 1. The summed E-state index contributed by atoms with van der Waals surface area (Å²) in [6.07, 6.45) is 1.01. The van der Waals surface area contributed by atoms with Gasteiger partial charge in [-0.05, 0) is 31.9 Å². The molecule has 1 fully saturated rings. The zero-order valence-electron chi connectivity index (χ0n) is 11.2. The Balaban J connectivity index is 0.00000162. The second-order valence-electron chi connectivity index (χ2n) is 4.62.